The lowest BCUT2D eigenvalue weighted by Gasteiger charge is -2.44. The number of hydrogen-bond acceptors (Lipinski definition) is 3. The largest absolute Gasteiger partial charge is 0.383 e. The van der Waals surface area contributed by atoms with Crippen LogP contribution < -0.4 is 5.73 Å². The molecule has 0 bridgehead atoms. The molecule has 1 saturated carbocycles. The molecule has 96 valence electrons. The molecule has 0 amide bonds. The summed E-state index contributed by atoms with van der Waals surface area (Å²) in [6.07, 6.45) is 3.98. The van der Waals surface area contributed by atoms with Crippen LogP contribution in [0, 0.1) is 11.3 Å². The zero-order valence-electron chi connectivity index (χ0n) is 11.2. The third kappa shape index (κ3) is 4.04. The highest BCUT2D eigenvalue weighted by atomic mass is 16.5. The lowest BCUT2D eigenvalue weighted by atomic mass is 9.68. The fourth-order valence-corrected chi connectivity index (χ4v) is 2.55. The fourth-order valence-electron chi connectivity index (χ4n) is 2.55. The molecule has 1 aliphatic rings. The maximum Gasteiger partial charge on any atom is 0.0589 e. The molecule has 3 nitrogen and oxygen atoms in total. The molecule has 1 rings (SSSR count). The van der Waals surface area contributed by atoms with Crippen molar-refractivity contribution in [2.24, 2.45) is 17.1 Å². The maximum absolute atomic E-state index is 5.92. The van der Waals surface area contributed by atoms with Crippen LogP contribution >= 0.6 is 0 Å². The van der Waals surface area contributed by atoms with E-state index in [9.17, 15) is 0 Å². The molecule has 0 spiro atoms. The predicted molar refractivity (Wildman–Crippen MR) is 68.5 cm³/mol. The normalized spacial score (nSPS) is 19.1. The Balaban J connectivity index is 2.41. The van der Waals surface area contributed by atoms with Gasteiger partial charge in [-0.2, -0.15) is 0 Å². The van der Waals surface area contributed by atoms with Crippen LogP contribution in [0.1, 0.15) is 33.1 Å². The summed E-state index contributed by atoms with van der Waals surface area (Å²) >= 11 is 0. The highest BCUT2D eigenvalue weighted by Crippen LogP contribution is 2.40. The SMILES string of the molecule is COCCN(CC(C)C)CC1(CN)CCC1. The Morgan fingerprint density at radius 3 is 2.44 bits per heavy atom. The smallest absolute Gasteiger partial charge is 0.0589 e. The zero-order valence-corrected chi connectivity index (χ0v) is 11.2. The summed E-state index contributed by atoms with van der Waals surface area (Å²) < 4.78 is 5.18. The summed E-state index contributed by atoms with van der Waals surface area (Å²) in [6, 6.07) is 0. The fraction of sp³-hybridized carbons (Fsp3) is 1.00. The number of nitrogens with two attached hydrogens (primary N) is 1. The van der Waals surface area contributed by atoms with Crippen molar-refractivity contribution in [1.29, 1.82) is 0 Å². The molecule has 0 aromatic rings. The van der Waals surface area contributed by atoms with Gasteiger partial charge in [0.1, 0.15) is 0 Å². The lowest BCUT2D eigenvalue weighted by Crippen LogP contribution is -2.48. The molecule has 1 aliphatic carbocycles. The summed E-state index contributed by atoms with van der Waals surface area (Å²) in [4.78, 5) is 2.53. The van der Waals surface area contributed by atoms with Gasteiger partial charge in [-0.15, -0.1) is 0 Å². The molecule has 16 heavy (non-hydrogen) atoms. The minimum Gasteiger partial charge on any atom is -0.383 e. The van der Waals surface area contributed by atoms with Crippen LogP contribution in [0.25, 0.3) is 0 Å². The van der Waals surface area contributed by atoms with Crippen molar-refractivity contribution in [3.05, 3.63) is 0 Å². The quantitative estimate of drug-likeness (QED) is 0.687. The van der Waals surface area contributed by atoms with E-state index in [-0.39, 0.29) is 0 Å². The molecule has 0 aliphatic heterocycles. The predicted octanol–water partition coefficient (Wildman–Crippen LogP) is 1.72. The first-order chi connectivity index (χ1) is 7.62. The standard InChI is InChI=1S/C13H28N2O/c1-12(2)9-15(7-8-16-3)11-13(10-14)5-4-6-13/h12H,4-11,14H2,1-3H3. The Kier molecular flexibility index (Phi) is 5.73. The van der Waals surface area contributed by atoms with Crippen molar-refractivity contribution in [2.75, 3.05) is 39.9 Å². The van der Waals surface area contributed by atoms with Crippen LogP contribution in [0.5, 0.6) is 0 Å². The molecule has 0 saturated heterocycles. The Labute approximate surface area is 100 Å². The van der Waals surface area contributed by atoms with E-state index in [0.717, 1.165) is 32.8 Å². The van der Waals surface area contributed by atoms with Crippen molar-refractivity contribution in [3.8, 4) is 0 Å². The summed E-state index contributed by atoms with van der Waals surface area (Å²) in [6.45, 7) is 9.57. The third-order valence-electron chi connectivity index (χ3n) is 3.64. The third-order valence-corrected chi connectivity index (χ3v) is 3.64. The first kappa shape index (κ1) is 13.9. The molecule has 3 heteroatoms. The van der Waals surface area contributed by atoms with E-state index >= 15 is 0 Å². The second-order valence-corrected chi connectivity index (χ2v) is 5.68. The van der Waals surface area contributed by atoms with Gasteiger partial charge >= 0.3 is 0 Å². The molecule has 2 N–H and O–H groups in total. The molecule has 0 aromatic heterocycles. The Hall–Kier alpha value is -0.120. The van der Waals surface area contributed by atoms with Gasteiger partial charge in [-0.05, 0) is 30.7 Å². The van der Waals surface area contributed by atoms with Crippen LogP contribution in [0.2, 0.25) is 0 Å². The Bertz CT molecular complexity index is 185. The first-order valence-electron chi connectivity index (χ1n) is 6.53. The Morgan fingerprint density at radius 1 is 1.38 bits per heavy atom. The summed E-state index contributed by atoms with van der Waals surface area (Å²) in [7, 11) is 1.77. The highest BCUT2D eigenvalue weighted by molar-refractivity contribution is 4.91. The van der Waals surface area contributed by atoms with Gasteiger partial charge in [0.2, 0.25) is 0 Å². The second-order valence-electron chi connectivity index (χ2n) is 5.68. The van der Waals surface area contributed by atoms with Crippen LogP contribution in [0.3, 0.4) is 0 Å². The van der Waals surface area contributed by atoms with Crippen LogP contribution in [0.15, 0.2) is 0 Å². The number of ether oxygens (including phenoxy) is 1. The average molecular weight is 228 g/mol. The minimum absolute atomic E-state index is 0.419. The number of methoxy groups -OCH3 is 1. The highest BCUT2D eigenvalue weighted by Gasteiger charge is 2.36. The minimum atomic E-state index is 0.419. The van der Waals surface area contributed by atoms with Crippen molar-refractivity contribution >= 4 is 0 Å². The molecular weight excluding hydrogens is 200 g/mol. The monoisotopic (exact) mass is 228 g/mol. The number of rotatable bonds is 8. The van der Waals surface area contributed by atoms with Gasteiger partial charge in [0.15, 0.2) is 0 Å². The number of hydrogen-bond donors (Lipinski definition) is 1. The van der Waals surface area contributed by atoms with Gasteiger partial charge in [0.25, 0.3) is 0 Å². The Morgan fingerprint density at radius 2 is 2.06 bits per heavy atom. The van der Waals surface area contributed by atoms with Gasteiger partial charge < -0.3 is 15.4 Å². The van der Waals surface area contributed by atoms with Crippen LogP contribution in [-0.4, -0.2) is 44.8 Å². The summed E-state index contributed by atoms with van der Waals surface area (Å²) in [5, 5.41) is 0. The molecule has 0 unspecified atom stereocenters. The molecule has 0 atom stereocenters. The van der Waals surface area contributed by atoms with E-state index in [1.807, 2.05) is 0 Å². The number of nitrogens with zero attached hydrogens (tertiary/aromatic N) is 1. The van der Waals surface area contributed by atoms with Gasteiger partial charge in [0.05, 0.1) is 6.61 Å². The average Bonchev–Trinajstić information content (AvgIpc) is 2.19. The molecular formula is C13H28N2O. The van der Waals surface area contributed by atoms with Crippen molar-refractivity contribution in [1.82, 2.24) is 4.90 Å². The van der Waals surface area contributed by atoms with Crippen molar-refractivity contribution < 1.29 is 4.74 Å². The van der Waals surface area contributed by atoms with Gasteiger partial charge in [-0.25, -0.2) is 0 Å². The topological polar surface area (TPSA) is 38.5 Å². The first-order valence-corrected chi connectivity index (χ1v) is 6.53. The maximum atomic E-state index is 5.92. The van der Waals surface area contributed by atoms with Gasteiger partial charge in [-0.1, -0.05) is 20.3 Å². The lowest BCUT2D eigenvalue weighted by molar-refractivity contribution is 0.0524. The summed E-state index contributed by atoms with van der Waals surface area (Å²) in [5.74, 6) is 0.715. The van der Waals surface area contributed by atoms with Crippen molar-refractivity contribution in [3.63, 3.8) is 0 Å². The molecule has 1 fully saturated rings. The van der Waals surface area contributed by atoms with E-state index in [4.69, 9.17) is 10.5 Å². The van der Waals surface area contributed by atoms with Crippen LogP contribution in [0.4, 0.5) is 0 Å². The molecule has 0 radical (unpaired) electrons. The van der Waals surface area contributed by atoms with E-state index < -0.39 is 0 Å². The van der Waals surface area contributed by atoms with E-state index in [1.165, 1.54) is 19.3 Å². The molecule has 0 heterocycles. The van der Waals surface area contributed by atoms with Crippen LogP contribution in [-0.2, 0) is 4.74 Å². The van der Waals surface area contributed by atoms with E-state index in [2.05, 4.69) is 18.7 Å². The molecule has 0 aromatic carbocycles. The van der Waals surface area contributed by atoms with E-state index in [1.54, 1.807) is 7.11 Å². The van der Waals surface area contributed by atoms with Crippen molar-refractivity contribution in [2.45, 2.75) is 33.1 Å². The zero-order chi connectivity index (χ0) is 12.0. The van der Waals surface area contributed by atoms with E-state index in [0.29, 0.717) is 11.3 Å². The van der Waals surface area contributed by atoms with Gasteiger partial charge in [0, 0.05) is 26.7 Å². The summed E-state index contributed by atoms with van der Waals surface area (Å²) in [5.41, 5.74) is 6.34. The second kappa shape index (κ2) is 6.58. The van der Waals surface area contributed by atoms with Gasteiger partial charge in [-0.3, -0.25) is 0 Å².